The van der Waals surface area contributed by atoms with Crippen LogP contribution in [0.1, 0.15) is 15.9 Å². The van der Waals surface area contributed by atoms with Crippen molar-refractivity contribution in [3.63, 3.8) is 0 Å². The van der Waals surface area contributed by atoms with Gasteiger partial charge in [0.2, 0.25) is 0 Å². The maximum Gasteiger partial charge on any atom is 0.270 e. The highest BCUT2D eigenvalue weighted by Gasteiger charge is 2.15. The number of carbonyl (C=O) groups excluding carboxylic acids is 1. The number of pyridine rings is 1. The lowest BCUT2D eigenvalue weighted by atomic mass is 10.1. The van der Waals surface area contributed by atoms with Crippen molar-refractivity contribution in [2.24, 2.45) is 0 Å². The molecule has 0 saturated heterocycles. The first kappa shape index (κ1) is 18.6. The first-order valence-electron chi connectivity index (χ1n) is 8.72. The van der Waals surface area contributed by atoms with Gasteiger partial charge < -0.3 is 9.72 Å². The zero-order valence-electron chi connectivity index (χ0n) is 15.3. The van der Waals surface area contributed by atoms with Crippen LogP contribution >= 0.6 is 11.6 Å². The number of amides is 1. The highest BCUT2D eigenvalue weighted by Crippen LogP contribution is 2.25. The van der Waals surface area contributed by atoms with E-state index in [2.05, 4.69) is 10.3 Å². The summed E-state index contributed by atoms with van der Waals surface area (Å²) < 4.78 is 1.97. The molecule has 0 saturated carbocycles. The van der Waals surface area contributed by atoms with Gasteiger partial charge in [-0.15, -0.1) is 0 Å². The smallest absolute Gasteiger partial charge is 0.270 e. The monoisotopic (exact) mass is 406 g/mol. The van der Waals surface area contributed by atoms with E-state index >= 15 is 0 Å². The molecule has 0 atom stereocenters. The van der Waals surface area contributed by atoms with Crippen molar-refractivity contribution < 1.29 is 9.72 Å². The molecule has 2 aromatic carbocycles. The van der Waals surface area contributed by atoms with Crippen LogP contribution in [-0.2, 0) is 0 Å². The van der Waals surface area contributed by atoms with Crippen molar-refractivity contribution in [1.29, 1.82) is 0 Å². The molecule has 1 amide bonds. The first-order valence-corrected chi connectivity index (χ1v) is 9.10. The van der Waals surface area contributed by atoms with Crippen molar-refractivity contribution in [3.8, 4) is 11.3 Å². The summed E-state index contributed by atoms with van der Waals surface area (Å²) in [6.07, 6.45) is 3.90. The summed E-state index contributed by atoms with van der Waals surface area (Å²) in [5.74, 6) is -0.444. The van der Waals surface area contributed by atoms with E-state index in [1.54, 1.807) is 12.1 Å². The number of halogens is 1. The number of nitro benzene ring substituents is 1. The Hall–Kier alpha value is -3.71. The molecule has 1 N–H and O–H groups in total. The van der Waals surface area contributed by atoms with Crippen molar-refractivity contribution in [2.75, 3.05) is 5.32 Å². The fraction of sp³-hybridized carbons (Fsp3) is 0.0476. The maximum absolute atomic E-state index is 12.4. The highest BCUT2D eigenvalue weighted by molar-refractivity contribution is 6.34. The maximum atomic E-state index is 12.4. The molecule has 0 bridgehead atoms. The molecular formula is C21H15ClN4O3. The second-order valence-electron chi connectivity index (χ2n) is 6.50. The summed E-state index contributed by atoms with van der Waals surface area (Å²) in [5.41, 5.74) is 4.30. The minimum Gasteiger partial charge on any atom is -0.322 e. The Labute approximate surface area is 170 Å². The van der Waals surface area contributed by atoms with Crippen LogP contribution in [0.4, 0.5) is 11.4 Å². The summed E-state index contributed by atoms with van der Waals surface area (Å²) in [5, 5.41) is 13.6. The highest BCUT2D eigenvalue weighted by atomic mass is 35.5. The normalized spacial score (nSPS) is 10.8. The van der Waals surface area contributed by atoms with Gasteiger partial charge in [-0.3, -0.25) is 14.9 Å². The van der Waals surface area contributed by atoms with Crippen LogP contribution in [0, 0.1) is 17.0 Å². The van der Waals surface area contributed by atoms with Crippen LogP contribution in [-0.4, -0.2) is 20.2 Å². The largest absolute Gasteiger partial charge is 0.322 e. The molecule has 7 nitrogen and oxygen atoms in total. The number of rotatable bonds is 4. The third kappa shape index (κ3) is 3.68. The molecule has 0 aliphatic rings. The third-order valence-electron chi connectivity index (χ3n) is 4.52. The number of fused-ring (bicyclic) bond motifs is 1. The number of nitrogens with one attached hydrogen (secondary N) is 1. The average Bonchev–Trinajstić information content (AvgIpc) is 3.14. The summed E-state index contributed by atoms with van der Waals surface area (Å²) in [6.45, 7) is 2.01. The van der Waals surface area contributed by atoms with E-state index < -0.39 is 10.8 Å². The molecule has 29 heavy (non-hydrogen) atoms. The second-order valence-corrected chi connectivity index (χ2v) is 6.91. The molecule has 8 heteroatoms. The Kier molecular flexibility index (Phi) is 4.74. The lowest BCUT2D eigenvalue weighted by Gasteiger charge is -2.07. The van der Waals surface area contributed by atoms with Crippen molar-refractivity contribution >= 4 is 34.5 Å². The molecule has 0 fully saturated rings. The predicted octanol–water partition coefficient (Wildman–Crippen LogP) is 5.12. The fourth-order valence-electron chi connectivity index (χ4n) is 3.02. The van der Waals surface area contributed by atoms with E-state index in [1.807, 2.05) is 48.0 Å². The van der Waals surface area contributed by atoms with E-state index in [1.165, 1.54) is 12.1 Å². The van der Waals surface area contributed by atoms with Crippen LogP contribution in [0.2, 0.25) is 5.02 Å². The summed E-state index contributed by atoms with van der Waals surface area (Å²) in [6, 6.07) is 15.0. The van der Waals surface area contributed by atoms with E-state index in [4.69, 9.17) is 11.6 Å². The number of imidazole rings is 1. The topological polar surface area (TPSA) is 89.5 Å². The molecule has 0 spiro atoms. The number of aryl methyl sites for hydroxylation is 1. The van der Waals surface area contributed by atoms with Gasteiger partial charge in [0, 0.05) is 35.8 Å². The van der Waals surface area contributed by atoms with Crippen molar-refractivity contribution in [3.05, 3.63) is 93.3 Å². The molecule has 2 aromatic heterocycles. The van der Waals surface area contributed by atoms with Gasteiger partial charge in [0.05, 0.1) is 21.2 Å². The molecule has 0 unspecified atom stereocenters. The number of aromatic nitrogens is 2. The van der Waals surface area contributed by atoms with Crippen LogP contribution in [0.3, 0.4) is 0 Å². The minimum absolute atomic E-state index is 0.0217. The molecule has 4 rings (SSSR count). The molecule has 0 aliphatic heterocycles. The summed E-state index contributed by atoms with van der Waals surface area (Å²) >= 11 is 6.02. The van der Waals surface area contributed by atoms with E-state index in [-0.39, 0.29) is 16.3 Å². The molecule has 4 aromatic rings. The molecule has 2 heterocycles. The number of non-ortho nitro benzene ring substituents is 1. The van der Waals surface area contributed by atoms with Gasteiger partial charge in [0.25, 0.3) is 11.6 Å². The van der Waals surface area contributed by atoms with Gasteiger partial charge in [0.1, 0.15) is 5.65 Å². The van der Waals surface area contributed by atoms with Crippen LogP contribution in [0.5, 0.6) is 0 Å². The van der Waals surface area contributed by atoms with Crippen LogP contribution in [0.25, 0.3) is 16.9 Å². The number of hydrogen-bond acceptors (Lipinski definition) is 4. The van der Waals surface area contributed by atoms with E-state index in [0.29, 0.717) is 5.69 Å². The quantitative estimate of drug-likeness (QED) is 0.376. The Balaban J connectivity index is 1.54. The Morgan fingerprint density at radius 1 is 1.17 bits per heavy atom. The molecule has 0 radical (unpaired) electrons. The third-order valence-corrected chi connectivity index (χ3v) is 4.84. The van der Waals surface area contributed by atoms with E-state index in [9.17, 15) is 14.9 Å². The number of nitrogens with zero attached hydrogens (tertiary/aromatic N) is 3. The Bertz CT molecular complexity index is 1250. The van der Waals surface area contributed by atoms with E-state index in [0.717, 1.165) is 28.5 Å². The number of nitro groups is 1. The summed E-state index contributed by atoms with van der Waals surface area (Å²) in [4.78, 5) is 27.3. The number of benzene rings is 2. The second kappa shape index (κ2) is 7.37. The lowest BCUT2D eigenvalue weighted by Crippen LogP contribution is -2.12. The van der Waals surface area contributed by atoms with Gasteiger partial charge >= 0.3 is 0 Å². The van der Waals surface area contributed by atoms with Gasteiger partial charge in [-0.25, -0.2) is 4.98 Å². The van der Waals surface area contributed by atoms with Gasteiger partial charge in [-0.2, -0.15) is 0 Å². The van der Waals surface area contributed by atoms with Gasteiger partial charge in [-0.1, -0.05) is 29.8 Å². The van der Waals surface area contributed by atoms with Crippen molar-refractivity contribution in [1.82, 2.24) is 9.38 Å². The SMILES string of the molecule is Cc1cccn2cc(-c3ccc(NC(=O)c4ccc([N+](=O)[O-])cc4Cl)cc3)nc12. The van der Waals surface area contributed by atoms with Crippen LogP contribution < -0.4 is 5.32 Å². The molecule has 144 valence electrons. The molecule has 0 aliphatic carbocycles. The fourth-order valence-corrected chi connectivity index (χ4v) is 3.28. The Morgan fingerprint density at radius 2 is 1.93 bits per heavy atom. The van der Waals surface area contributed by atoms with Crippen LogP contribution in [0.15, 0.2) is 67.0 Å². The van der Waals surface area contributed by atoms with Gasteiger partial charge in [0.15, 0.2) is 0 Å². The zero-order chi connectivity index (χ0) is 20.5. The van der Waals surface area contributed by atoms with Crippen molar-refractivity contribution in [2.45, 2.75) is 6.92 Å². The minimum atomic E-state index is -0.562. The standard InChI is InChI=1S/C21H15ClN4O3/c1-13-3-2-10-25-12-19(24-20(13)25)14-4-6-15(7-5-14)23-21(27)17-9-8-16(26(28)29)11-18(17)22/h2-12H,1H3,(H,23,27). The predicted molar refractivity (Wildman–Crippen MR) is 111 cm³/mol. The molecular weight excluding hydrogens is 392 g/mol. The lowest BCUT2D eigenvalue weighted by molar-refractivity contribution is -0.384. The van der Waals surface area contributed by atoms with Gasteiger partial charge in [-0.05, 0) is 36.8 Å². The number of hydrogen-bond donors (Lipinski definition) is 1. The summed E-state index contributed by atoms with van der Waals surface area (Å²) in [7, 11) is 0. The average molecular weight is 407 g/mol. The number of carbonyl (C=O) groups is 1. The first-order chi connectivity index (χ1) is 13.9. The number of anilines is 1. The zero-order valence-corrected chi connectivity index (χ0v) is 16.1. The Morgan fingerprint density at radius 3 is 2.59 bits per heavy atom.